The van der Waals surface area contributed by atoms with Gasteiger partial charge in [0.15, 0.2) is 0 Å². The first-order chi connectivity index (χ1) is 11.9. The summed E-state index contributed by atoms with van der Waals surface area (Å²) in [6.45, 7) is 0. The monoisotopic (exact) mass is 352 g/mol. The van der Waals surface area contributed by atoms with E-state index in [1.165, 1.54) is 12.1 Å². The minimum atomic E-state index is -4.46. The predicted molar refractivity (Wildman–Crippen MR) is 93.5 cm³/mol. The highest BCUT2D eigenvalue weighted by molar-refractivity contribution is 7.86. The first-order valence-corrected chi connectivity index (χ1v) is 8.55. The van der Waals surface area contributed by atoms with Crippen LogP contribution in [0, 0.1) is 11.3 Å². The van der Waals surface area contributed by atoms with E-state index in [9.17, 15) is 13.0 Å². The highest BCUT2D eigenvalue weighted by Gasteiger charge is 2.18. The molecular formula is C17H12N4O3S. The van der Waals surface area contributed by atoms with Crippen LogP contribution >= 0.6 is 0 Å². The van der Waals surface area contributed by atoms with Gasteiger partial charge in [-0.25, -0.2) is 0 Å². The number of nitriles is 1. The van der Waals surface area contributed by atoms with Gasteiger partial charge in [0.05, 0.1) is 23.0 Å². The quantitative estimate of drug-likeness (QED) is 0.419. The van der Waals surface area contributed by atoms with Crippen LogP contribution in [0.3, 0.4) is 0 Å². The largest absolute Gasteiger partial charge is 0.396 e. The Hall–Kier alpha value is -3.28. The van der Waals surface area contributed by atoms with E-state index in [-0.39, 0.29) is 16.3 Å². The van der Waals surface area contributed by atoms with Crippen molar-refractivity contribution in [3.05, 3.63) is 60.2 Å². The summed E-state index contributed by atoms with van der Waals surface area (Å²) in [6.07, 6.45) is 0. The Morgan fingerprint density at radius 1 is 1.00 bits per heavy atom. The molecule has 7 nitrogen and oxygen atoms in total. The maximum atomic E-state index is 11.7. The van der Waals surface area contributed by atoms with Crippen LogP contribution in [0.15, 0.2) is 69.7 Å². The van der Waals surface area contributed by atoms with Crippen molar-refractivity contribution in [2.45, 2.75) is 4.90 Å². The van der Waals surface area contributed by atoms with Crippen LogP contribution in [-0.4, -0.2) is 13.0 Å². The predicted octanol–water partition coefficient (Wildman–Crippen LogP) is 3.96. The van der Waals surface area contributed by atoms with Gasteiger partial charge in [-0.1, -0.05) is 30.3 Å². The molecule has 0 radical (unpaired) electrons. The van der Waals surface area contributed by atoms with Gasteiger partial charge in [0.2, 0.25) is 0 Å². The summed E-state index contributed by atoms with van der Waals surface area (Å²) in [5, 5.41) is 17.6. The lowest BCUT2D eigenvalue weighted by molar-refractivity contribution is 0.484. The van der Waals surface area contributed by atoms with Gasteiger partial charge in [0.1, 0.15) is 10.6 Å². The molecular weight excluding hydrogens is 340 g/mol. The number of nitrogens with two attached hydrogens (primary N) is 1. The molecule has 3 N–H and O–H groups in total. The molecule has 0 spiro atoms. The topological polar surface area (TPSA) is 129 Å². The SMILES string of the molecule is N#Cc1cccc(N=Nc2cc(S(=O)(=O)O)c3ccccc3c2N)c1. The number of anilines is 1. The van der Waals surface area contributed by atoms with Gasteiger partial charge in [-0.15, -0.1) is 5.11 Å². The average Bonchev–Trinajstić information content (AvgIpc) is 2.60. The van der Waals surface area contributed by atoms with E-state index in [4.69, 9.17) is 11.0 Å². The number of nitrogen functional groups attached to an aromatic ring is 1. The van der Waals surface area contributed by atoms with Crippen LogP contribution in [0.1, 0.15) is 5.56 Å². The molecule has 0 heterocycles. The van der Waals surface area contributed by atoms with Gasteiger partial charge < -0.3 is 5.73 Å². The number of benzene rings is 3. The Labute approximate surface area is 143 Å². The summed E-state index contributed by atoms with van der Waals surface area (Å²) in [7, 11) is -4.46. The van der Waals surface area contributed by atoms with E-state index < -0.39 is 10.1 Å². The molecule has 0 aliphatic rings. The molecule has 124 valence electrons. The van der Waals surface area contributed by atoms with Crippen molar-refractivity contribution in [3.8, 4) is 6.07 Å². The summed E-state index contributed by atoms with van der Waals surface area (Å²) in [5.74, 6) is 0. The van der Waals surface area contributed by atoms with Crippen molar-refractivity contribution >= 4 is 38.0 Å². The van der Waals surface area contributed by atoms with E-state index in [1.54, 1.807) is 42.5 Å². The lowest BCUT2D eigenvalue weighted by Gasteiger charge is -2.09. The van der Waals surface area contributed by atoms with E-state index in [2.05, 4.69) is 10.2 Å². The van der Waals surface area contributed by atoms with Crippen molar-refractivity contribution in [3.63, 3.8) is 0 Å². The van der Waals surface area contributed by atoms with Gasteiger partial charge >= 0.3 is 0 Å². The molecule has 0 unspecified atom stereocenters. The minimum Gasteiger partial charge on any atom is -0.396 e. The Morgan fingerprint density at radius 3 is 2.40 bits per heavy atom. The summed E-state index contributed by atoms with van der Waals surface area (Å²) >= 11 is 0. The van der Waals surface area contributed by atoms with Crippen molar-refractivity contribution in [2.24, 2.45) is 10.2 Å². The molecule has 0 aromatic heterocycles. The van der Waals surface area contributed by atoms with Gasteiger partial charge in [-0.3, -0.25) is 4.55 Å². The molecule has 3 aromatic carbocycles. The summed E-state index contributed by atoms with van der Waals surface area (Å²) in [4.78, 5) is -0.294. The normalized spacial score (nSPS) is 11.7. The van der Waals surface area contributed by atoms with E-state index in [0.29, 0.717) is 22.0 Å². The summed E-state index contributed by atoms with van der Waals surface area (Å²) < 4.78 is 32.8. The third-order valence-corrected chi connectivity index (χ3v) is 4.45. The molecule has 0 saturated heterocycles. The molecule has 0 saturated carbocycles. The average molecular weight is 352 g/mol. The van der Waals surface area contributed by atoms with E-state index >= 15 is 0 Å². The number of fused-ring (bicyclic) bond motifs is 1. The lowest BCUT2D eigenvalue weighted by atomic mass is 10.1. The third-order valence-electron chi connectivity index (χ3n) is 3.55. The molecule has 25 heavy (non-hydrogen) atoms. The maximum Gasteiger partial charge on any atom is 0.295 e. The highest BCUT2D eigenvalue weighted by atomic mass is 32.2. The number of hydrogen-bond acceptors (Lipinski definition) is 6. The van der Waals surface area contributed by atoms with E-state index in [1.807, 2.05) is 6.07 Å². The van der Waals surface area contributed by atoms with Crippen molar-refractivity contribution < 1.29 is 13.0 Å². The Bertz CT molecular complexity index is 1150. The smallest absolute Gasteiger partial charge is 0.295 e. The number of rotatable bonds is 3. The second-order valence-corrected chi connectivity index (χ2v) is 6.58. The zero-order chi connectivity index (χ0) is 18.0. The number of azo groups is 1. The zero-order valence-corrected chi connectivity index (χ0v) is 13.6. The van der Waals surface area contributed by atoms with Crippen LogP contribution in [-0.2, 0) is 10.1 Å². The van der Waals surface area contributed by atoms with Gasteiger partial charge in [0.25, 0.3) is 10.1 Å². The first-order valence-electron chi connectivity index (χ1n) is 7.11. The van der Waals surface area contributed by atoms with Crippen LogP contribution in [0.2, 0.25) is 0 Å². The standard InChI is InChI=1S/C17H12N4O3S/c18-10-11-4-3-5-12(8-11)20-21-15-9-16(25(22,23)24)13-6-1-2-7-14(13)17(15)19/h1-9H,19H2,(H,22,23,24). The fourth-order valence-electron chi connectivity index (χ4n) is 2.40. The second kappa shape index (κ2) is 6.32. The fraction of sp³-hybridized carbons (Fsp3) is 0. The molecule has 8 heteroatoms. The molecule has 3 rings (SSSR count). The summed E-state index contributed by atoms with van der Waals surface area (Å²) in [5.41, 5.74) is 7.25. The Kier molecular flexibility index (Phi) is 4.19. The van der Waals surface area contributed by atoms with Crippen molar-refractivity contribution in [1.29, 1.82) is 5.26 Å². The Balaban J connectivity index is 2.18. The van der Waals surface area contributed by atoms with Crippen LogP contribution in [0.4, 0.5) is 17.1 Å². The molecule has 0 atom stereocenters. The van der Waals surface area contributed by atoms with E-state index in [0.717, 1.165) is 0 Å². The molecule has 3 aromatic rings. The molecule has 0 aliphatic carbocycles. The van der Waals surface area contributed by atoms with Crippen LogP contribution in [0.25, 0.3) is 10.8 Å². The number of nitrogens with zero attached hydrogens (tertiary/aromatic N) is 3. The zero-order valence-electron chi connectivity index (χ0n) is 12.8. The third kappa shape index (κ3) is 3.33. The van der Waals surface area contributed by atoms with Gasteiger partial charge in [-0.2, -0.15) is 18.8 Å². The molecule has 0 amide bonds. The molecule has 0 aliphatic heterocycles. The van der Waals surface area contributed by atoms with Crippen molar-refractivity contribution in [2.75, 3.05) is 5.73 Å². The van der Waals surface area contributed by atoms with Crippen molar-refractivity contribution in [1.82, 2.24) is 0 Å². The number of hydrogen-bond donors (Lipinski definition) is 2. The highest BCUT2D eigenvalue weighted by Crippen LogP contribution is 2.36. The van der Waals surface area contributed by atoms with Crippen LogP contribution < -0.4 is 5.73 Å². The van der Waals surface area contributed by atoms with Gasteiger partial charge in [-0.05, 0) is 24.3 Å². The lowest BCUT2D eigenvalue weighted by Crippen LogP contribution is -2.01. The first kappa shape index (κ1) is 16.6. The Morgan fingerprint density at radius 2 is 1.72 bits per heavy atom. The second-order valence-electron chi connectivity index (χ2n) is 5.19. The maximum absolute atomic E-state index is 11.7. The minimum absolute atomic E-state index is 0.105. The molecule has 0 fully saturated rings. The summed E-state index contributed by atoms with van der Waals surface area (Å²) in [6, 6.07) is 16.1. The van der Waals surface area contributed by atoms with Crippen LogP contribution in [0.5, 0.6) is 0 Å². The van der Waals surface area contributed by atoms with Gasteiger partial charge in [0, 0.05) is 10.8 Å². The molecule has 0 bridgehead atoms. The fourth-order valence-corrected chi connectivity index (χ4v) is 3.11.